The Hall–Kier alpha value is -3.42. The van der Waals surface area contributed by atoms with Crippen LogP contribution in [-0.4, -0.2) is 17.4 Å². The van der Waals surface area contributed by atoms with Crippen LogP contribution in [0.15, 0.2) is 55.1 Å². The fourth-order valence-corrected chi connectivity index (χ4v) is 3.61. The molecule has 0 radical (unpaired) electrons. The zero-order valence-electron chi connectivity index (χ0n) is 17.2. The van der Waals surface area contributed by atoms with E-state index in [2.05, 4.69) is 13.2 Å². The van der Waals surface area contributed by atoms with Crippen molar-refractivity contribution in [2.24, 2.45) is 5.73 Å². The maximum atomic E-state index is 12.0. The summed E-state index contributed by atoms with van der Waals surface area (Å²) in [4.78, 5) is 12.0. The molecule has 0 aromatic heterocycles. The average molecular weight is 386 g/mol. The molecule has 0 heterocycles. The Morgan fingerprint density at radius 3 is 2.24 bits per heavy atom. The van der Waals surface area contributed by atoms with Gasteiger partial charge in [-0.1, -0.05) is 55.1 Å². The molecular formula is C25H26N2O2. The molecular weight excluding hydrogens is 360 g/mol. The van der Waals surface area contributed by atoms with Crippen molar-refractivity contribution in [3.63, 3.8) is 0 Å². The van der Waals surface area contributed by atoms with Crippen LogP contribution in [0.3, 0.4) is 0 Å². The predicted molar refractivity (Wildman–Crippen MR) is 118 cm³/mol. The van der Waals surface area contributed by atoms with Crippen LogP contribution in [0.5, 0.6) is 5.75 Å². The Morgan fingerprint density at radius 2 is 1.76 bits per heavy atom. The van der Waals surface area contributed by atoms with E-state index in [9.17, 15) is 9.90 Å². The van der Waals surface area contributed by atoms with Crippen molar-refractivity contribution in [2.75, 3.05) is 6.54 Å². The molecule has 148 valence electrons. The molecule has 3 N–H and O–H groups in total. The standard InChI is InChI=1S/C25H26N2O2/c1-6-18(13-26)21(7-2)24-17(5)23(19-10-8-15(3)9-11-19)22(12-20(28)14-27)16(4)25(24)29/h6-11,29H,1-2,12-13,26H2,3-5H3/b21-18-. The Labute approximate surface area is 172 Å². The fraction of sp³-hybridized carbons (Fsp3) is 0.200. The summed E-state index contributed by atoms with van der Waals surface area (Å²) in [6.07, 6.45) is 3.24. The van der Waals surface area contributed by atoms with E-state index in [1.165, 1.54) is 0 Å². The van der Waals surface area contributed by atoms with Crippen molar-refractivity contribution < 1.29 is 9.90 Å². The number of rotatable bonds is 7. The van der Waals surface area contributed by atoms with Crippen molar-refractivity contribution in [3.05, 3.63) is 83.0 Å². The number of hydrogen-bond donors (Lipinski definition) is 2. The molecule has 0 aliphatic carbocycles. The van der Waals surface area contributed by atoms with Gasteiger partial charge in [0, 0.05) is 18.5 Å². The van der Waals surface area contributed by atoms with Crippen LogP contribution in [0, 0.1) is 32.1 Å². The van der Waals surface area contributed by atoms with Gasteiger partial charge in [0.15, 0.2) is 0 Å². The molecule has 0 bridgehead atoms. The Kier molecular flexibility index (Phi) is 6.93. The van der Waals surface area contributed by atoms with Crippen LogP contribution in [0.4, 0.5) is 0 Å². The monoisotopic (exact) mass is 386 g/mol. The zero-order valence-corrected chi connectivity index (χ0v) is 17.2. The molecule has 0 fully saturated rings. The van der Waals surface area contributed by atoms with Gasteiger partial charge in [-0.05, 0) is 59.7 Å². The smallest absolute Gasteiger partial charge is 0.236 e. The predicted octanol–water partition coefficient (Wildman–Crippen LogP) is 4.70. The van der Waals surface area contributed by atoms with E-state index < -0.39 is 5.78 Å². The van der Waals surface area contributed by atoms with Gasteiger partial charge in [-0.3, -0.25) is 4.79 Å². The first-order valence-electron chi connectivity index (χ1n) is 9.34. The largest absolute Gasteiger partial charge is 0.507 e. The number of phenols is 1. The number of ketones is 1. The van der Waals surface area contributed by atoms with Crippen LogP contribution >= 0.6 is 0 Å². The molecule has 2 aromatic rings. The second-order valence-corrected chi connectivity index (χ2v) is 6.96. The summed E-state index contributed by atoms with van der Waals surface area (Å²) in [5, 5.41) is 20.1. The molecule has 0 aliphatic heterocycles. The number of phenolic OH excluding ortho intramolecular Hbond substituents is 1. The first-order chi connectivity index (χ1) is 13.8. The molecule has 2 rings (SSSR count). The van der Waals surface area contributed by atoms with Crippen molar-refractivity contribution in [1.82, 2.24) is 0 Å². The highest BCUT2D eigenvalue weighted by molar-refractivity contribution is 5.98. The third-order valence-corrected chi connectivity index (χ3v) is 5.18. The van der Waals surface area contributed by atoms with Crippen LogP contribution < -0.4 is 5.73 Å². The summed E-state index contributed by atoms with van der Waals surface area (Å²) in [7, 11) is 0. The van der Waals surface area contributed by atoms with Gasteiger partial charge in [0.05, 0.1) is 0 Å². The number of nitrogens with two attached hydrogens (primary N) is 1. The summed E-state index contributed by atoms with van der Waals surface area (Å²) in [5.41, 5.74) is 12.8. The number of nitriles is 1. The van der Waals surface area contributed by atoms with E-state index in [4.69, 9.17) is 11.0 Å². The second kappa shape index (κ2) is 9.18. The first kappa shape index (κ1) is 21.9. The van der Waals surface area contributed by atoms with E-state index in [0.717, 1.165) is 27.8 Å². The molecule has 0 saturated heterocycles. The van der Waals surface area contributed by atoms with E-state index >= 15 is 0 Å². The van der Waals surface area contributed by atoms with Crippen molar-refractivity contribution in [2.45, 2.75) is 27.2 Å². The number of aryl methyl sites for hydroxylation is 1. The van der Waals surface area contributed by atoms with E-state index in [1.54, 1.807) is 25.1 Å². The van der Waals surface area contributed by atoms with Crippen molar-refractivity contribution in [3.8, 4) is 22.9 Å². The number of nitrogens with zero attached hydrogens (tertiary/aromatic N) is 1. The van der Waals surface area contributed by atoms with Crippen molar-refractivity contribution >= 4 is 11.4 Å². The van der Waals surface area contributed by atoms with Gasteiger partial charge in [0.1, 0.15) is 11.8 Å². The third kappa shape index (κ3) is 4.21. The van der Waals surface area contributed by atoms with E-state index in [0.29, 0.717) is 22.3 Å². The highest BCUT2D eigenvalue weighted by atomic mass is 16.3. The summed E-state index contributed by atoms with van der Waals surface area (Å²) in [6.45, 7) is 13.6. The lowest BCUT2D eigenvalue weighted by Crippen LogP contribution is -2.09. The summed E-state index contributed by atoms with van der Waals surface area (Å²) >= 11 is 0. The fourth-order valence-electron chi connectivity index (χ4n) is 3.61. The SMILES string of the molecule is C=C/C(CN)=C(\C=C)c1c(C)c(-c2ccc(C)cc2)c(CC(=O)C#N)c(C)c1O. The number of carbonyl (C=O) groups excluding carboxylic acids is 1. The zero-order chi connectivity index (χ0) is 21.7. The van der Waals surface area contributed by atoms with Gasteiger partial charge in [0.2, 0.25) is 5.78 Å². The molecule has 0 saturated carbocycles. The summed E-state index contributed by atoms with van der Waals surface area (Å²) in [5.74, 6) is -0.497. The average Bonchev–Trinajstić information content (AvgIpc) is 2.72. The quantitative estimate of drug-likeness (QED) is 0.533. The van der Waals surface area contributed by atoms with Gasteiger partial charge in [0.25, 0.3) is 0 Å². The summed E-state index contributed by atoms with van der Waals surface area (Å²) < 4.78 is 0. The number of Topliss-reactive ketones (excluding diaryl/α,β-unsaturated/α-hetero) is 1. The van der Waals surface area contributed by atoms with Crippen LogP contribution in [-0.2, 0) is 11.2 Å². The van der Waals surface area contributed by atoms with Crippen LogP contribution in [0.25, 0.3) is 16.7 Å². The lowest BCUT2D eigenvalue weighted by Gasteiger charge is -2.22. The highest BCUT2D eigenvalue weighted by Crippen LogP contribution is 2.43. The highest BCUT2D eigenvalue weighted by Gasteiger charge is 2.24. The van der Waals surface area contributed by atoms with Gasteiger partial charge < -0.3 is 10.8 Å². The number of aromatic hydroxyl groups is 1. The topological polar surface area (TPSA) is 87.1 Å². The van der Waals surface area contributed by atoms with Gasteiger partial charge in [-0.25, -0.2) is 0 Å². The number of carbonyl (C=O) groups is 1. The molecule has 29 heavy (non-hydrogen) atoms. The third-order valence-electron chi connectivity index (χ3n) is 5.18. The molecule has 0 aliphatic rings. The lowest BCUT2D eigenvalue weighted by molar-refractivity contribution is -0.113. The molecule has 0 spiro atoms. The van der Waals surface area contributed by atoms with E-state index in [1.807, 2.05) is 38.1 Å². The van der Waals surface area contributed by atoms with Gasteiger partial charge >= 0.3 is 0 Å². The van der Waals surface area contributed by atoms with Gasteiger partial charge in [-0.15, -0.1) is 0 Å². The minimum absolute atomic E-state index is 0.0572. The molecule has 0 atom stereocenters. The molecule has 0 amide bonds. The van der Waals surface area contributed by atoms with Crippen molar-refractivity contribution in [1.29, 1.82) is 5.26 Å². The molecule has 0 unspecified atom stereocenters. The minimum atomic E-state index is -0.554. The van der Waals surface area contributed by atoms with Crippen LogP contribution in [0.2, 0.25) is 0 Å². The maximum Gasteiger partial charge on any atom is 0.236 e. The normalized spacial score (nSPS) is 11.4. The first-order valence-corrected chi connectivity index (χ1v) is 9.34. The Morgan fingerprint density at radius 1 is 1.14 bits per heavy atom. The molecule has 2 aromatic carbocycles. The summed E-state index contributed by atoms with van der Waals surface area (Å²) in [6, 6.07) is 9.62. The Balaban J connectivity index is 3.00. The molecule has 4 nitrogen and oxygen atoms in total. The van der Waals surface area contributed by atoms with E-state index in [-0.39, 0.29) is 18.7 Å². The number of benzene rings is 2. The molecule has 4 heteroatoms. The second-order valence-electron chi connectivity index (χ2n) is 6.96. The minimum Gasteiger partial charge on any atom is -0.507 e. The number of allylic oxidation sites excluding steroid dienone is 2. The lowest BCUT2D eigenvalue weighted by atomic mass is 9.82. The Bertz CT molecular complexity index is 1050. The van der Waals surface area contributed by atoms with Gasteiger partial charge in [-0.2, -0.15) is 5.26 Å². The number of hydrogen-bond acceptors (Lipinski definition) is 4. The van der Waals surface area contributed by atoms with Crippen LogP contribution in [0.1, 0.15) is 27.8 Å². The maximum absolute atomic E-state index is 12.0.